The molecule has 1 heterocycles. The van der Waals surface area contributed by atoms with Gasteiger partial charge in [-0.3, -0.25) is 0 Å². The van der Waals surface area contributed by atoms with Crippen LogP contribution in [-0.4, -0.2) is 11.1 Å². The van der Waals surface area contributed by atoms with Gasteiger partial charge in [0.05, 0.1) is 6.61 Å². The van der Waals surface area contributed by atoms with Crippen molar-refractivity contribution < 1.29 is 4.74 Å². The largest absolute Gasteiger partial charge is 0.347 e. The molecule has 0 aliphatic carbocycles. The van der Waals surface area contributed by atoms with Crippen LogP contribution in [0.2, 0.25) is 0 Å². The van der Waals surface area contributed by atoms with Crippen LogP contribution in [0.1, 0.15) is 26.7 Å². The Balaban J connectivity index is 2.56. The van der Waals surface area contributed by atoms with Gasteiger partial charge in [0, 0.05) is 6.42 Å². The summed E-state index contributed by atoms with van der Waals surface area (Å²) in [5, 5.41) is 0. The molecular formula is C7H12Cl2O. The molecule has 1 rings (SSSR count). The summed E-state index contributed by atoms with van der Waals surface area (Å²) in [4.78, 5) is 0. The summed E-state index contributed by atoms with van der Waals surface area (Å²) in [5.74, 6) is 0. The van der Waals surface area contributed by atoms with Crippen LogP contribution < -0.4 is 0 Å². The first kappa shape index (κ1) is 8.63. The Kier molecular flexibility index (Phi) is 2.20. The van der Waals surface area contributed by atoms with E-state index in [4.69, 9.17) is 27.9 Å². The molecule has 0 amide bonds. The van der Waals surface area contributed by atoms with E-state index in [9.17, 15) is 0 Å². The Labute approximate surface area is 71.6 Å². The van der Waals surface area contributed by atoms with Gasteiger partial charge in [0.1, 0.15) is 0 Å². The van der Waals surface area contributed by atoms with Crippen LogP contribution in [0.15, 0.2) is 0 Å². The third-order valence-electron chi connectivity index (χ3n) is 1.78. The lowest BCUT2D eigenvalue weighted by atomic mass is 9.85. The molecule has 60 valence electrons. The van der Waals surface area contributed by atoms with Crippen molar-refractivity contribution in [1.82, 2.24) is 0 Å². The second kappa shape index (κ2) is 2.54. The van der Waals surface area contributed by atoms with Gasteiger partial charge in [-0.2, -0.15) is 0 Å². The van der Waals surface area contributed by atoms with Crippen LogP contribution in [0, 0.1) is 5.41 Å². The normalized spacial score (nSPS) is 30.0. The molecule has 1 aliphatic heterocycles. The highest BCUT2D eigenvalue weighted by Gasteiger charge is 2.37. The smallest absolute Gasteiger partial charge is 0.217 e. The van der Waals surface area contributed by atoms with Crippen LogP contribution in [-0.2, 0) is 4.74 Å². The van der Waals surface area contributed by atoms with E-state index in [0.717, 1.165) is 6.42 Å². The van der Waals surface area contributed by atoms with E-state index in [1.54, 1.807) is 0 Å². The fourth-order valence-electron chi connectivity index (χ4n) is 1.17. The van der Waals surface area contributed by atoms with E-state index >= 15 is 0 Å². The first-order chi connectivity index (χ1) is 4.41. The second-order valence-electron chi connectivity index (χ2n) is 3.58. The molecule has 1 nitrogen and oxygen atoms in total. The predicted molar refractivity (Wildman–Crippen MR) is 43.4 cm³/mol. The lowest BCUT2D eigenvalue weighted by molar-refractivity contribution is -0.0165. The lowest BCUT2D eigenvalue weighted by Gasteiger charge is -2.36. The monoisotopic (exact) mass is 182 g/mol. The molecule has 0 bridgehead atoms. The van der Waals surface area contributed by atoms with Gasteiger partial charge in [-0.25, -0.2) is 0 Å². The van der Waals surface area contributed by atoms with Gasteiger partial charge in [-0.15, -0.1) is 0 Å². The van der Waals surface area contributed by atoms with E-state index in [1.165, 1.54) is 0 Å². The van der Waals surface area contributed by atoms with Gasteiger partial charge >= 0.3 is 0 Å². The van der Waals surface area contributed by atoms with E-state index < -0.39 is 4.52 Å². The molecule has 0 aromatic heterocycles. The summed E-state index contributed by atoms with van der Waals surface area (Å²) in [7, 11) is 0. The Bertz CT molecular complexity index is 118. The van der Waals surface area contributed by atoms with Crippen LogP contribution in [0.3, 0.4) is 0 Å². The lowest BCUT2D eigenvalue weighted by Crippen LogP contribution is -2.34. The molecule has 0 unspecified atom stereocenters. The number of halogens is 2. The summed E-state index contributed by atoms with van der Waals surface area (Å²) >= 11 is 11.6. The maximum absolute atomic E-state index is 5.80. The molecule has 0 N–H and O–H groups in total. The highest BCUT2D eigenvalue weighted by molar-refractivity contribution is 6.47. The van der Waals surface area contributed by atoms with E-state index in [-0.39, 0.29) is 5.41 Å². The van der Waals surface area contributed by atoms with Gasteiger partial charge < -0.3 is 4.74 Å². The van der Waals surface area contributed by atoms with Crippen molar-refractivity contribution in [3.8, 4) is 0 Å². The molecule has 1 saturated heterocycles. The van der Waals surface area contributed by atoms with Gasteiger partial charge in [0.15, 0.2) is 0 Å². The molecule has 0 spiro atoms. The zero-order chi connectivity index (χ0) is 7.83. The van der Waals surface area contributed by atoms with E-state index in [2.05, 4.69) is 13.8 Å². The van der Waals surface area contributed by atoms with E-state index in [0.29, 0.717) is 13.0 Å². The van der Waals surface area contributed by atoms with Gasteiger partial charge in [0.2, 0.25) is 4.52 Å². The third kappa shape index (κ3) is 2.30. The molecule has 1 fully saturated rings. The topological polar surface area (TPSA) is 9.23 Å². The Morgan fingerprint density at radius 1 is 1.30 bits per heavy atom. The zero-order valence-corrected chi connectivity index (χ0v) is 7.80. The molecule has 0 aromatic carbocycles. The number of hydrogen-bond donors (Lipinski definition) is 0. The standard InChI is InChI=1S/C7H12Cl2O/c1-6(2)3-4-10-7(8,9)5-6/h3-5H2,1-2H3. The van der Waals surface area contributed by atoms with Crippen molar-refractivity contribution in [2.24, 2.45) is 5.41 Å². The summed E-state index contributed by atoms with van der Waals surface area (Å²) < 4.78 is 4.19. The molecular weight excluding hydrogens is 171 g/mol. The zero-order valence-electron chi connectivity index (χ0n) is 6.29. The van der Waals surface area contributed by atoms with Crippen LogP contribution in [0.4, 0.5) is 0 Å². The molecule has 0 radical (unpaired) electrons. The molecule has 0 atom stereocenters. The quantitative estimate of drug-likeness (QED) is 0.524. The highest BCUT2D eigenvalue weighted by atomic mass is 35.5. The maximum Gasteiger partial charge on any atom is 0.217 e. The van der Waals surface area contributed by atoms with Crippen molar-refractivity contribution in [3.63, 3.8) is 0 Å². The average Bonchev–Trinajstić information content (AvgIpc) is 1.56. The molecule has 1 aliphatic rings. The minimum atomic E-state index is -0.943. The minimum absolute atomic E-state index is 0.224. The van der Waals surface area contributed by atoms with Crippen LogP contribution in [0.25, 0.3) is 0 Å². The van der Waals surface area contributed by atoms with Crippen molar-refractivity contribution in [2.45, 2.75) is 31.2 Å². The van der Waals surface area contributed by atoms with Crippen LogP contribution in [0.5, 0.6) is 0 Å². The summed E-state index contributed by atoms with van der Waals surface area (Å²) in [6.07, 6.45) is 1.75. The molecule has 0 saturated carbocycles. The fourth-order valence-corrected chi connectivity index (χ4v) is 2.05. The summed E-state index contributed by atoms with van der Waals surface area (Å²) in [5.41, 5.74) is 0.224. The number of rotatable bonds is 0. The van der Waals surface area contributed by atoms with Crippen molar-refractivity contribution in [3.05, 3.63) is 0 Å². The Morgan fingerprint density at radius 2 is 1.90 bits per heavy atom. The fraction of sp³-hybridized carbons (Fsp3) is 1.00. The number of hydrogen-bond acceptors (Lipinski definition) is 1. The second-order valence-corrected chi connectivity index (χ2v) is 4.99. The maximum atomic E-state index is 5.80. The van der Waals surface area contributed by atoms with Gasteiger partial charge in [0.25, 0.3) is 0 Å². The Morgan fingerprint density at radius 3 is 2.20 bits per heavy atom. The molecule has 0 aromatic rings. The predicted octanol–water partition coefficient (Wildman–Crippen LogP) is 2.95. The van der Waals surface area contributed by atoms with Crippen LogP contribution >= 0.6 is 23.2 Å². The first-order valence-corrected chi connectivity index (χ1v) is 4.19. The third-order valence-corrected chi connectivity index (χ3v) is 2.26. The highest BCUT2D eigenvalue weighted by Crippen LogP contribution is 2.42. The van der Waals surface area contributed by atoms with E-state index in [1.807, 2.05) is 0 Å². The molecule has 3 heteroatoms. The Hall–Kier alpha value is 0.540. The van der Waals surface area contributed by atoms with Gasteiger partial charge in [-0.1, -0.05) is 37.0 Å². The average molecular weight is 183 g/mol. The molecule has 10 heavy (non-hydrogen) atoms. The van der Waals surface area contributed by atoms with Crippen molar-refractivity contribution in [2.75, 3.05) is 6.61 Å². The number of ether oxygens (including phenoxy) is 1. The summed E-state index contributed by atoms with van der Waals surface area (Å²) in [6.45, 7) is 4.96. The van der Waals surface area contributed by atoms with Crippen molar-refractivity contribution >= 4 is 23.2 Å². The van der Waals surface area contributed by atoms with Gasteiger partial charge in [-0.05, 0) is 11.8 Å². The minimum Gasteiger partial charge on any atom is -0.347 e. The van der Waals surface area contributed by atoms with Crippen molar-refractivity contribution in [1.29, 1.82) is 0 Å². The first-order valence-electron chi connectivity index (χ1n) is 3.43. The number of alkyl halides is 2. The summed E-state index contributed by atoms with van der Waals surface area (Å²) in [6, 6.07) is 0. The SMILES string of the molecule is CC1(C)CCOC(Cl)(Cl)C1.